The van der Waals surface area contributed by atoms with Crippen LogP contribution in [0.1, 0.15) is 18.4 Å². The zero-order valence-electron chi connectivity index (χ0n) is 14.0. The number of benzene rings is 2. The highest BCUT2D eigenvalue weighted by Crippen LogP contribution is 2.32. The predicted octanol–water partition coefficient (Wildman–Crippen LogP) is 3.38. The molecular formula is C18H21FN2O3S. The van der Waals surface area contributed by atoms with Gasteiger partial charge in [0.2, 0.25) is 10.0 Å². The lowest BCUT2D eigenvalue weighted by Gasteiger charge is -2.20. The van der Waals surface area contributed by atoms with Crippen LogP contribution in [-0.2, 0) is 15.8 Å². The zero-order chi connectivity index (χ0) is 17.9. The molecule has 5 nitrogen and oxygen atoms in total. The molecule has 0 amide bonds. The van der Waals surface area contributed by atoms with Gasteiger partial charge >= 0.3 is 0 Å². The van der Waals surface area contributed by atoms with Crippen LogP contribution < -0.4 is 14.4 Å². The number of ether oxygens (including phenoxy) is 1. The van der Waals surface area contributed by atoms with Gasteiger partial charge in [-0.1, -0.05) is 12.1 Å². The number of halogens is 1. The largest absolute Gasteiger partial charge is 0.495 e. The van der Waals surface area contributed by atoms with E-state index in [1.165, 1.54) is 31.4 Å². The van der Waals surface area contributed by atoms with E-state index in [2.05, 4.69) is 9.62 Å². The molecule has 1 saturated heterocycles. The average Bonchev–Trinajstić information content (AvgIpc) is 3.11. The molecule has 1 aliphatic heterocycles. The number of rotatable bonds is 6. The standard InChI is InChI=1S/C18H21FN2O3S/c1-24-18-9-8-16(21-10-2-3-11-21)12-17(18)20-25(22,23)13-14-4-6-15(19)7-5-14/h4-9,12,20H,2-3,10-11,13H2,1H3. The van der Waals surface area contributed by atoms with Gasteiger partial charge < -0.3 is 9.64 Å². The lowest BCUT2D eigenvalue weighted by Crippen LogP contribution is -2.19. The molecule has 0 unspecified atom stereocenters. The molecule has 134 valence electrons. The predicted molar refractivity (Wildman–Crippen MR) is 97.1 cm³/mol. The maximum Gasteiger partial charge on any atom is 0.237 e. The Balaban J connectivity index is 1.81. The Bertz CT molecular complexity index is 832. The Morgan fingerprint density at radius 1 is 1.12 bits per heavy atom. The normalized spacial score (nSPS) is 14.6. The van der Waals surface area contributed by atoms with Gasteiger partial charge in [-0.15, -0.1) is 0 Å². The third-order valence-electron chi connectivity index (χ3n) is 4.19. The summed E-state index contributed by atoms with van der Waals surface area (Å²) >= 11 is 0. The van der Waals surface area contributed by atoms with Crippen LogP contribution in [0, 0.1) is 5.82 Å². The van der Waals surface area contributed by atoms with Crippen molar-refractivity contribution in [1.82, 2.24) is 0 Å². The van der Waals surface area contributed by atoms with E-state index in [9.17, 15) is 12.8 Å². The van der Waals surface area contributed by atoms with Crippen molar-refractivity contribution in [3.63, 3.8) is 0 Å². The quantitative estimate of drug-likeness (QED) is 0.854. The van der Waals surface area contributed by atoms with Crippen LogP contribution >= 0.6 is 0 Å². The molecule has 2 aromatic carbocycles. The summed E-state index contributed by atoms with van der Waals surface area (Å²) in [5.74, 6) is -0.163. The second-order valence-electron chi connectivity index (χ2n) is 6.07. The number of sulfonamides is 1. The zero-order valence-corrected chi connectivity index (χ0v) is 14.9. The minimum Gasteiger partial charge on any atom is -0.495 e. The first kappa shape index (κ1) is 17.5. The van der Waals surface area contributed by atoms with E-state index >= 15 is 0 Å². The smallest absolute Gasteiger partial charge is 0.237 e. The van der Waals surface area contributed by atoms with Crippen molar-refractivity contribution in [2.24, 2.45) is 0 Å². The lowest BCUT2D eigenvalue weighted by atomic mass is 10.2. The number of anilines is 2. The second-order valence-corrected chi connectivity index (χ2v) is 7.79. The summed E-state index contributed by atoms with van der Waals surface area (Å²) in [6.45, 7) is 1.93. The van der Waals surface area contributed by atoms with Gasteiger partial charge in [0.1, 0.15) is 11.6 Å². The first-order valence-corrected chi connectivity index (χ1v) is 9.80. The highest BCUT2D eigenvalue weighted by molar-refractivity contribution is 7.91. The monoisotopic (exact) mass is 364 g/mol. The number of hydrogen-bond donors (Lipinski definition) is 1. The summed E-state index contributed by atoms with van der Waals surface area (Å²) in [5, 5.41) is 0. The summed E-state index contributed by atoms with van der Waals surface area (Å²) in [5.41, 5.74) is 1.90. The molecule has 3 rings (SSSR count). The lowest BCUT2D eigenvalue weighted by molar-refractivity contribution is 0.417. The molecule has 7 heteroatoms. The summed E-state index contributed by atoms with van der Waals surface area (Å²) in [4.78, 5) is 2.22. The van der Waals surface area contributed by atoms with Gasteiger partial charge in [0.25, 0.3) is 0 Å². The van der Waals surface area contributed by atoms with Crippen molar-refractivity contribution >= 4 is 21.4 Å². The van der Waals surface area contributed by atoms with Crippen LogP contribution in [0.2, 0.25) is 0 Å². The van der Waals surface area contributed by atoms with Crippen LogP contribution in [-0.4, -0.2) is 28.6 Å². The molecule has 0 bridgehead atoms. The van der Waals surface area contributed by atoms with Crippen LogP contribution in [0.15, 0.2) is 42.5 Å². The molecule has 1 fully saturated rings. The molecule has 0 atom stereocenters. The molecule has 0 aromatic heterocycles. The van der Waals surface area contributed by atoms with E-state index in [4.69, 9.17) is 4.74 Å². The number of nitrogens with one attached hydrogen (secondary N) is 1. The van der Waals surface area contributed by atoms with Gasteiger partial charge in [-0.2, -0.15) is 0 Å². The van der Waals surface area contributed by atoms with Gasteiger partial charge in [0, 0.05) is 18.8 Å². The van der Waals surface area contributed by atoms with Crippen molar-refractivity contribution < 1.29 is 17.5 Å². The average molecular weight is 364 g/mol. The summed E-state index contributed by atoms with van der Waals surface area (Å²) < 4.78 is 45.8. The highest BCUT2D eigenvalue weighted by Gasteiger charge is 2.18. The third-order valence-corrected chi connectivity index (χ3v) is 5.43. The molecule has 0 aliphatic carbocycles. The van der Waals surface area contributed by atoms with E-state index in [1.54, 1.807) is 12.1 Å². The van der Waals surface area contributed by atoms with Crippen molar-refractivity contribution in [3.05, 3.63) is 53.8 Å². The summed E-state index contributed by atoms with van der Waals surface area (Å²) in [6.07, 6.45) is 2.27. The van der Waals surface area contributed by atoms with E-state index in [1.807, 2.05) is 6.07 Å². The van der Waals surface area contributed by atoms with Crippen LogP contribution in [0.25, 0.3) is 0 Å². The second kappa shape index (κ2) is 7.31. The van der Waals surface area contributed by atoms with Gasteiger partial charge in [0.15, 0.2) is 0 Å². The van der Waals surface area contributed by atoms with Crippen LogP contribution in [0.4, 0.5) is 15.8 Å². The van der Waals surface area contributed by atoms with Crippen LogP contribution in [0.5, 0.6) is 5.75 Å². The van der Waals surface area contributed by atoms with Gasteiger partial charge in [-0.3, -0.25) is 4.72 Å². The Hall–Kier alpha value is -2.28. The Morgan fingerprint density at radius 2 is 1.80 bits per heavy atom. The van der Waals surface area contributed by atoms with E-state index in [0.29, 0.717) is 17.0 Å². The molecule has 1 N–H and O–H groups in total. The van der Waals surface area contributed by atoms with E-state index in [0.717, 1.165) is 31.6 Å². The van der Waals surface area contributed by atoms with Gasteiger partial charge in [-0.05, 0) is 48.7 Å². The first-order valence-electron chi connectivity index (χ1n) is 8.15. The fraction of sp³-hybridized carbons (Fsp3) is 0.333. The Morgan fingerprint density at radius 3 is 2.44 bits per heavy atom. The Labute approximate surface area is 147 Å². The number of nitrogens with zero attached hydrogens (tertiary/aromatic N) is 1. The maximum atomic E-state index is 13.0. The molecule has 25 heavy (non-hydrogen) atoms. The minimum atomic E-state index is -3.64. The molecule has 2 aromatic rings. The molecule has 1 heterocycles. The fourth-order valence-corrected chi connectivity index (χ4v) is 4.15. The third kappa shape index (κ3) is 4.42. The molecule has 0 saturated carbocycles. The molecule has 0 radical (unpaired) electrons. The van der Waals surface area contributed by atoms with E-state index in [-0.39, 0.29) is 5.75 Å². The summed E-state index contributed by atoms with van der Waals surface area (Å²) in [6, 6.07) is 10.9. The van der Waals surface area contributed by atoms with Crippen molar-refractivity contribution in [1.29, 1.82) is 0 Å². The SMILES string of the molecule is COc1ccc(N2CCCC2)cc1NS(=O)(=O)Cc1ccc(F)cc1. The van der Waals surface area contributed by atoms with Crippen molar-refractivity contribution in [3.8, 4) is 5.75 Å². The minimum absolute atomic E-state index is 0.232. The first-order chi connectivity index (χ1) is 12.0. The topological polar surface area (TPSA) is 58.6 Å². The highest BCUT2D eigenvalue weighted by atomic mass is 32.2. The van der Waals surface area contributed by atoms with Gasteiger partial charge in [0.05, 0.1) is 18.6 Å². The van der Waals surface area contributed by atoms with Gasteiger partial charge in [-0.25, -0.2) is 12.8 Å². The molecule has 1 aliphatic rings. The fourth-order valence-electron chi connectivity index (χ4n) is 2.95. The van der Waals surface area contributed by atoms with E-state index < -0.39 is 15.8 Å². The van der Waals surface area contributed by atoms with Crippen molar-refractivity contribution in [2.45, 2.75) is 18.6 Å². The molecule has 0 spiro atoms. The summed E-state index contributed by atoms with van der Waals surface area (Å²) in [7, 11) is -2.14. The number of hydrogen-bond acceptors (Lipinski definition) is 4. The number of methoxy groups -OCH3 is 1. The maximum absolute atomic E-state index is 13.0. The molecular weight excluding hydrogens is 343 g/mol. The Kier molecular flexibility index (Phi) is 5.13. The van der Waals surface area contributed by atoms with Crippen molar-refractivity contribution in [2.75, 3.05) is 29.8 Å². The van der Waals surface area contributed by atoms with Crippen LogP contribution in [0.3, 0.4) is 0 Å².